The van der Waals surface area contributed by atoms with Crippen LogP contribution in [0.25, 0.3) is 11.0 Å². The number of nitrogens with zero attached hydrogens (tertiary/aromatic N) is 5. The van der Waals surface area contributed by atoms with E-state index in [0.29, 0.717) is 25.4 Å². The number of morpholine rings is 1. The van der Waals surface area contributed by atoms with E-state index < -0.39 is 11.6 Å². The normalized spacial score (nSPS) is 22.3. The van der Waals surface area contributed by atoms with E-state index in [4.69, 9.17) is 14.7 Å². The monoisotopic (exact) mass is 543 g/mol. The smallest absolute Gasteiger partial charge is 0.148 e. The van der Waals surface area contributed by atoms with Crippen molar-refractivity contribution in [3.8, 4) is 0 Å². The summed E-state index contributed by atoms with van der Waals surface area (Å²) in [5, 5.41) is 9.83. The third-order valence-electron chi connectivity index (χ3n) is 7.95. The van der Waals surface area contributed by atoms with E-state index in [1.807, 2.05) is 6.20 Å². The molecule has 0 amide bonds. The number of fused-ring (bicyclic) bond motifs is 1. The Morgan fingerprint density at radius 3 is 2.47 bits per heavy atom. The minimum Gasteiger partial charge on any atom is -0.395 e. The van der Waals surface area contributed by atoms with E-state index in [-0.39, 0.29) is 32.2 Å². The lowest BCUT2D eigenvalue weighted by Crippen LogP contribution is -2.36. The van der Waals surface area contributed by atoms with Crippen molar-refractivity contribution in [3.05, 3.63) is 59.3 Å². The first kappa shape index (κ1) is 27.1. The Bertz CT molecular complexity index is 1260. The lowest BCUT2D eigenvalue weighted by molar-refractivity contribution is 0.122. The Hall–Kier alpha value is -2.53. The van der Waals surface area contributed by atoms with Crippen LogP contribution in [0.15, 0.2) is 36.5 Å². The molecule has 2 aromatic carbocycles. The summed E-state index contributed by atoms with van der Waals surface area (Å²) in [5.74, 6) is -0.318. The van der Waals surface area contributed by atoms with Gasteiger partial charge in [-0.05, 0) is 56.0 Å². The van der Waals surface area contributed by atoms with Gasteiger partial charge in [0.15, 0.2) is 0 Å². The number of benzene rings is 2. The van der Waals surface area contributed by atoms with E-state index >= 15 is 0 Å². The summed E-state index contributed by atoms with van der Waals surface area (Å²) in [4.78, 5) is 16.5. The van der Waals surface area contributed by atoms with Crippen molar-refractivity contribution in [1.82, 2.24) is 14.9 Å². The summed E-state index contributed by atoms with van der Waals surface area (Å²) in [7, 11) is 0. The number of ether oxygens (including phenoxy) is 1. The third-order valence-corrected chi connectivity index (χ3v) is 7.95. The highest BCUT2D eigenvalue weighted by molar-refractivity contribution is 7.59. The maximum atomic E-state index is 14.2. The molecule has 4 heterocycles. The second kappa shape index (κ2) is 11.7. The first-order valence-corrected chi connectivity index (χ1v) is 13.3. The molecule has 0 aliphatic carbocycles. The topological polar surface area (TPSA) is 65.0 Å². The molecule has 3 fully saturated rings. The molecule has 38 heavy (non-hydrogen) atoms. The van der Waals surface area contributed by atoms with Crippen molar-refractivity contribution in [2.24, 2.45) is 0 Å². The Kier molecular flexibility index (Phi) is 8.32. The molecular weight excluding hydrogens is 508 g/mol. The number of hydrogen-bond acceptors (Lipinski definition) is 7. The van der Waals surface area contributed by atoms with Gasteiger partial charge in [-0.25, -0.2) is 13.8 Å². The molecule has 1 N–H and O–H groups in total. The predicted molar refractivity (Wildman–Crippen MR) is 149 cm³/mol. The van der Waals surface area contributed by atoms with Gasteiger partial charge in [0.1, 0.15) is 17.5 Å². The standard InChI is InChI=1S/C28H33F2N5O2.H2S/c29-20-13-21(30)15-23(14-20)35-6-2-4-26(35)24-11-19(17-34-5-1-3-22(34)18-36)12-25-28(24)32-27(16-31-25)33-7-9-37-10-8-33;/h11-16,22,26,36H,1-10,17-18H2;1H2/t22-,26?;/m0./s1. The average Bonchev–Trinajstić information content (AvgIpc) is 3.57. The van der Waals surface area contributed by atoms with Crippen LogP contribution < -0.4 is 9.80 Å². The molecule has 0 spiro atoms. The fourth-order valence-electron chi connectivity index (χ4n) is 6.13. The number of aliphatic hydroxyl groups excluding tert-OH is 1. The second-order valence-electron chi connectivity index (χ2n) is 10.3. The van der Waals surface area contributed by atoms with E-state index in [1.54, 1.807) is 0 Å². The minimum atomic E-state index is -0.572. The highest BCUT2D eigenvalue weighted by atomic mass is 32.1. The van der Waals surface area contributed by atoms with Crippen LogP contribution >= 0.6 is 13.5 Å². The molecule has 7 nitrogen and oxygen atoms in total. The fraction of sp³-hybridized carbons (Fsp3) is 0.500. The van der Waals surface area contributed by atoms with Gasteiger partial charge in [0.25, 0.3) is 0 Å². The van der Waals surface area contributed by atoms with Crippen LogP contribution in [0.1, 0.15) is 42.9 Å². The number of likely N-dealkylation sites (tertiary alicyclic amines) is 1. The number of aromatic nitrogens is 2. The lowest BCUT2D eigenvalue weighted by atomic mass is 9.98. The van der Waals surface area contributed by atoms with E-state index in [1.165, 1.54) is 12.1 Å². The maximum Gasteiger partial charge on any atom is 0.148 e. The molecule has 204 valence electrons. The van der Waals surface area contributed by atoms with Crippen molar-refractivity contribution < 1.29 is 18.6 Å². The van der Waals surface area contributed by atoms with Crippen LogP contribution in [-0.4, -0.2) is 72.0 Å². The van der Waals surface area contributed by atoms with Crippen LogP contribution in [-0.2, 0) is 11.3 Å². The molecule has 10 heteroatoms. The molecule has 0 saturated carbocycles. The van der Waals surface area contributed by atoms with Crippen LogP contribution in [0.4, 0.5) is 20.3 Å². The molecule has 6 rings (SSSR count). The first-order chi connectivity index (χ1) is 18.1. The van der Waals surface area contributed by atoms with E-state index in [2.05, 4.69) is 26.8 Å². The number of anilines is 2. The van der Waals surface area contributed by atoms with Gasteiger partial charge in [0, 0.05) is 49.5 Å². The van der Waals surface area contributed by atoms with Gasteiger partial charge < -0.3 is 19.6 Å². The van der Waals surface area contributed by atoms with Crippen molar-refractivity contribution in [2.75, 3.05) is 55.8 Å². The van der Waals surface area contributed by atoms with Crippen molar-refractivity contribution in [2.45, 2.75) is 44.3 Å². The molecule has 0 radical (unpaired) electrons. The zero-order valence-electron chi connectivity index (χ0n) is 21.5. The van der Waals surface area contributed by atoms with Crippen LogP contribution in [0.3, 0.4) is 0 Å². The molecule has 2 atom stereocenters. The average molecular weight is 544 g/mol. The lowest BCUT2D eigenvalue weighted by Gasteiger charge is -2.30. The summed E-state index contributed by atoms with van der Waals surface area (Å²) < 4.78 is 33.8. The van der Waals surface area contributed by atoms with Gasteiger partial charge in [-0.1, -0.05) is 6.07 Å². The Morgan fingerprint density at radius 2 is 1.71 bits per heavy atom. The predicted octanol–water partition coefficient (Wildman–Crippen LogP) is 4.16. The van der Waals surface area contributed by atoms with Gasteiger partial charge in [0.2, 0.25) is 0 Å². The quantitative estimate of drug-likeness (QED) is 0.501. The highest BCUT2D eigenvalue weighted by Crippen LogP contribution is 2.40. The molecule has 3 saturated heterocycles. The van der Waals surface area contributed by atoms with Crippen LogP contribution in [0, 0.1) is 11.6 Å². The van der Waals surface area contributed by atoms with E-state index in [0.717, 1.165) is 85.9 Å². The Labute approximate surface area is 228 Å². The fourth-order valence-corrected chi connectivity index (χ4v) is 6.13. The summed E-state index contributed by atoms with van der Waals surface area (Å²) >= 11 is 0. The summed E-state index contributed by atoms with van der Waals surface area (Å²) in [5.41, 5.74) is 4.37. The number of aliphatic hydroxyl groups is 1. The molecule has 3 aliphatic heterocycles. The molecule has 0 bridgehead atoms. The van der Waals surface area contributed by atoms with Gasteiger partial charge in [-0.15, -0.1) is 0 Å². The third kappa shape index (κ3) is 5.45. The first-order valence-electron chi connectivity index (χ1n) is 13.3. The minimum absolute atomic E-state index is 0. The zero-order valence-corrected chi connectivity index (χ0v) is 22.5. The van der Waals surface area contributed by atoms with Crippen molar-refractivity contribution in [3.63, 3.8) is 0 Å². The molecule has 1 aromatic heterocycles. The Morgan fingerprint density at radius 1 is 0.947 bits per heavy atom. The highest BCUT2D eigenvalue weighted by Gasteiger charge is 2.31. The Balaban J connectivity index is 0.00000294. The van der Waals surface area contributed by atoms with Gasteiger partial charge in [0.05, 0.1) is 43.1 Å². The maximum absolute atomic E-state index is 14.2. The summed E-state index contributed by atoms with van der Waals surface area (Å²) in [6, 6.07) is 8.15. The second-order valence-corrected chi connectivity index (χ2v) is 10.3. The molecular formula is C28H35F2N5O2S. The van der Waals surface area contributed by atoms with Gasteiger partial charge in [-0.2, -0.15) is 13.5 Å². The molecule has 3 aromatic rings. The molecule has 3 aliphatic rings. The van der Waals surface area contributed by atoms with Gasteiger partial charge >= 0.3 is 0 Å². The van der Waals surface area contributed by atoms with Crippen LogP contribution in [0.5, 0.6) is 0 Å². The number of halogens is 2. The van der Waals surface area contributed by atoms with Crippen molar-refractivity contribution >= 4 is 36.0 Å². The summed E-state index contributed by atoms with van der Waals surface area (Å²) in [6.45, 7) is 5.41. The van der Waals surface area contributed by atoms with E-state index in [9.17, 15) is 13.9 Å². The van der Waals surface area contributed by atoms with Crippen molar-refractivity contribution in [1.29, 1.82) is 0 Å². The zero-order chi connectivity index (χ0) is 25.4. The SMILES string of the molecule is OC[C@@H]1CCCN1Cc1cc(C2CCCN2c2cc(F)cc(F)c2)c2nc(N3CCOCC3)cnc2c1.S. The number of hydrogen-bond donors (Lipinski definition) is 1. The summed E-state index contributed by atoms with van der Waals surface area (Å²) in [6.07, 6.45) is 5.70. The molecule has 1 unspecified atom stereocenters. The largest absolute Gasteiger partial charge is 0.395 e. The van der Waals surface area contributed by atoms with Crippen LogP contribution in [0.2, 0.25) is 0 Å². The number of rotatable bonds is 6. The van der Waals surface area contributed by atoms with Gasteiger partial charge in [-0.3, -0.25) is 9.88 Å².